The summed E-state index contributed by atoms with van der Waals surface area (Å²) < 4.78 is 16.0. The molecular weight excluding hydrogens is 364 g/mol. The summed E-state index contributed by atoms with van der Waals surface area (Å²) in [5.74, 6) is -1.51. The van der Waals surface area contributed by atoms with Crippen molar-refractivity contribution in [3.63, 3.8) is 0 Å². The van der Waals surface area contributed by atoms with Crippen LogP contribution in [-0.2, 0) is 20.9 Å². The molecule has 1 aliphatic rings. The van der Waals surface area contributed by atoms with Crippen molar-refractivity contribution in [1.82, 2.24) is 10.6 Å². The van der Waals surface area contributed by atoms with Gasteiger partial charge in [-0.3, -0.25) is 10.1 Å². The number of carbonyl (C=O) groups excluding carboxylic acids is 3. The van der Waals surface area contributed by atoms with Crippen molar-refractivity contribution in [2.75, 3.05) is 7.11 Å². The summed E-state index contributed by atoms with van der Waals surface area (Å²) in [5, 5.41) is 5.70. The van der Waals surface area contributed by atoms with Crippen molar-refractivity contribution in [2.45, 2.75) is 51.4 Å². The number of hydrogen-bond acceptors (Lipinski definition) is 6. The average molecular weight is 388 g/mol. The first kappa shape index (κ1) is 19.9. The quantitative estimate of drug-likeness (QED) is 0.737. The molecule has 1 saturated carbocycles. The Morgan fingerprint density at radius 3 is 2.64 bits per heavy atom. The van der Waals surface area contributed by atoms with Gasteiger partial charge in [0.15, 0.2) is 6.10 Å². The van der Waals surface area contributed by atoms with Gasteiger partial charge in [0.2, 0.25) is 5.76 Å². The van der Waals surface area contributed by atoms with E-state index >= 15 is 0 Å². The Kier molecular flexibility index (Phi) is 6.30. The van der Waals surface area contributed by atoms with Crippen molar-refractivity contribution < 1.29 is 28.3 Å². The van der Waals surface area contributed by atoms with E-state index < -0.39 is 24.0 Å². The summed E-state index contributed by atoms with van der Waals surface area (Å²) in [6.45, 7) is 1.56. The van der Waals surface area contributed by atoms with Gasteiger partial charge in [0.05, 0.1) is 6.61 Å². The Morgan fingerprint density at radius 1 is 1.21 bits per heavy atom. The first-order chi connectivity index (χ1) is 13.5. The van der Waals surface area contributed by atoms with Gasteiger partial charge in [-0.1, -0.05) is 31.0 Å². The second kappa shape index (κ2) is 8.88. The van der Waals surface area contributed by atoms with E-state index in [1.54, 1.807) is 12.1 Å². The molecule has 150 valence electrons. The Hall–Kier alpha value is -2.87. The van der Waals surface area contributed by atoms with E-state index in [-0.39, 0.29) is 18.4 Å². The van der Waals surface area contributed by atoms with Crippen LogP contribution >= 0.6 is 0 Å². The van der Waals surface area contributed by atoms with Crippen molar-refractivity contribution >= 4 is 28.9 Å². The topological polar surface area (TPSA) is 107 Å². The zero-order valence-corrected chi connectivity index (χ0v) is 15.9. The third kappa shape index (κ3) is 4.51. The minimum absolute atomic E-state index is 0.0156. The number of rotatable bonds is 6. The highest BCUT2D eigenvalue weighted by Crippen LogP contribution is 2.27. The summed E-state index contributed by atoms with van der Waals surface area (Å²) in [4.78, 5) is 36.6. The van der Waals surface area contributed by atoms with Gasteiger partial charge >= 0.3 is 12.0 Å². The molecule has 8 nitrogen and oxygen atoms in total. The highest BCUT2D eigenvalue weighted by molar-refractivity contribution is 6.00. The summed E-state index contributed by atoms with van der Waals surface area (Å²) in [6, 6.07) is 6.66. The molecule has 8 heteroatoms. The number of esters is 1. The monoisotopic (exact) mass is 388 g/mol. The predicted octanol–water partition coefficient (Wildman–Crippen LogP) is 2.89. The Labute approximate surface area is 162 Å². The standard InChI is InChI=1S/C20H24N2O6/c1-12(18(23)22-20(25)21-13-7-3-4-8-13)27-19(24)17-15(11-26-2)14-9-5-6-10-16(14)28-17/h5-6,9-10,12-13H,3-4,7-8,11H2,1-2H3,(H2,21,22,23,25)/t12-/m1/s1. The minimum atomic E-state index is -1.16. The molecule has 1 fully saturated rings. The molecule has 0 spiro atoms. The molecule has 0 bridgehead atoms. The van der Waals surface area contributed by atoms with Crippen molar-refractivity contribution in [2.24, 2.45) is 0 Å². The summed E-state index contributed by atoms with van der Waals surface area (Å²) in [7, 11) is 1.51. The van der Waals surface area contributed by atoms with Crippen molar-refractivity contribution in [3.05, 3.63) is 35.6 Å². The molecule has 3 amide bonds. The third-order valence-corrected chi connectivity index (χ3v) is 4.75. The fourth-order valence-electron chi connectivity index (χ4n) is 3.32. The van der Waals surface area contributed by atoms with Gasteiger partial charge in [-0.25, -0.2) is 9.59 Å². The number of ether oxygens (including phenoxy) is 2. The van der Waals surface area contributed by atoms with Crippen LogP contribution in [0.4, 0.5) is 4.79 Å². The Balaban J connectivity index is 1.63. The largest absolute Gasteiger partial charge is 0.449 e. The van der Waals surface area contributed by atoms with Crippen LogP contribution in [-0.4, -0.2) is 37.2 Å². The lowest BCUT2D eigenvalue weighted by molar-refractivity contribution is -0.128. The Morgan fingerprint density at radius 2 is 1.93 bits per heavy atom. The van der Waals surface area contributed by atoms with Gasteiger partial charge in [0.25, 0.3) is 5.91 Å². The summed E-state index contributed by atoms with van der Waals surface area (Å²) >= 11 is 0. The molecule has 0 unspecified atom stereocenters. The third-order valence-electron chi connectivity index (χ3n) is 4.75. The number of amides is 3. The van der Waals surface area contributed by atoms with E-state index in [9.17, 15) is 14.4 Å². The van der Waals surface area contributed by atoms with Gasteiger partial charge < -0.3 is 19.2 Å². The van der Waals surface area contributed by atoms with Crippen LogP contribution < -0.4 is 10.6 Å². The number of benzene rings is 1. The molecule has 0 saturated heterocycles. The van der Waals surface area contributed by atoms with E-state index in [0.717, 1.165) is 31.1 Å². The fraction of sp³-hybridized carbons (Fsp3) is 0.450. The van der Waals surface area contributed by atoms with E-state index in [1.165, 1.54) is 14.0 Å². The molecule has 1 aliphatic carbocycles. The molecule has 28 heavy (non-hydrogen) atoms. The predicted molar refractivity (Wildman–Crippen MR) is 101 cm³/mol. The van der Waals surface area contributed by atoms with Crippen LogP contribution in [0.1, 0.15) is 48.7 Å². The van der Waals surface area contributed by atoms with Gasteiger partial charge in [0, 0.05) is 24.1 Å². The maximum absolute atomic E-state index is 12.5. The molecule has 1 aromatic carbocycles. The molecule has 2 aromatic rings. The second-order valence-electron chi connectivity index (χ2n) is 6.83. The fourth-order valence-corrected chi connectivity index (χ4v) is 3.32. The number of imide groups is 1. The maximum Gasteiger partial charge on any atom is 0.375 e. The Bertz CT molecular complexity index is 869. The number of nitrogens with one attached hydrogen (secondary N) is 2. The summed E-state index contributed by atoms with van der Waals surface area (Å²) in [5.41, 5.74) is 1.07. The average Bonchev–Trinajstić information content (AvgIpc) is 3.30. The van der Waals surface area contributed by atoms with E-state index in [0.29, 0.717) is 11.1 Å². The number of fused-ring (bicyclic) bond motifs is 1. The number of para-hydroxylation sites is 1. The van der Waals surface area contributed by atoms with Crippen molar-refractivity contribution in [1.29, 1.82) is 0 Å². The zero-order chi connectivity index (χ0) is 20.1. The molecule has 2 N–H and O–H groups in total. The van der Waals surface area contributed by atoms with Gasteiger partial charge in [-0.15, -0.1) is 0 Å². The molecule has 1 aromatic heterocycles. The molecule has 0 radical (unpaired) electrons. The highest BCUT2D eigenvalue weighted by atomic mass is 16.6. The lowest BCUT2D eigenvalue weighted by atomic mass is 10.1. The first-order valence-electron chi connectivity index (χ1n) is 9.31. The highest BCUT2D eigenvalue weighted by Gasteiger charge is 2.27. The molecule has 0 aliphatic heterocycles. The van der Waals surface area contributed by atoms with Crippen LogP contribution in [0.2, 0.25) is 0 Å². The van der Waals surface area contributed by atoms with Crippen LogP contribution in [0.3, 0.4) is 0 Å². The van der Waals surface area contributed by atoms with Crippen LogP contribution in [0.15, 0.2) is 28.7 Å². The van der Waals surface area contributed by atoms with E-state index in [4.69, 9.17) is 13.9 Å². The normalized spacial score (nSPS) is 15.4. The SMILES string of the molecule is COCc1c(C(=O)O[C@H](C)C(=O)NC(=O)NC2CCCC2)oc2ccccc12. The number of carbonyl (C=O) groups is 3. The van der Waals surface area contributed by atoms with Crippen LogP contribution in [0, 0.1) is 0 Å². The lowest BCUT2D eigenvalue weighted by Crippen LogP contribution is -2.47. The number of urea groups is 1. The van der Waals surface area contributed by atoms with Crippen LogP contribution in [0.25, 0.3) is 11.0 Å². The minimum Gasteiger partial charge on any atom is -0.449 e. The molecule has 3 rings (SSSR count). The molecule has 1 heterocycles. The smallest absolute Gasteiger partial charge is 0.375 e. The first-order valence-corrected chi connectivity index (χ1v) is 9.31. The van der Waals surface area contributed by atoms with Gasteiger partial charge in [0.1, 0.15) is 5.58 Å². The van der Waals surface area contributed by atoms with Crippen LogP contribution in [0.5, 0.6) is 0 Å². The van der Waals surface area contributed by atoms with Gasteiger partial charge in [-0.2, -0.15) is 0 Å². The number of methoxy groups -OCH3 is 1. The van der Waals surface area contributed by atoms with E-state index in [2.05, 4.69) is 10.6 Å². The second-order valence-corrected chi connectivity index (χ2v) is 6.83. The zero-order valence-electron chi connectivity index (χ0n) is 15.9. The maximum atomic E-state index is 12.5. The summed E-state index contributed by atoms with van der Waals surface area (Å²) in [6.07, 6.45) is 2.77. The number of furan rings is 1. The van der Waals surface area contributed by atoms with E-state index in [1.807, 2.05) is 12.1 Å². The molecular formula is C20H24N2O6. The number of hydrogen-bond donors (Lipinski definition) is 2. The van der Waals surface area contributed by atoms with Crippen molar-refractivity contribution in [3.8, 4) is 0 Å². The molecule has 1 atom stereocenters. The van der Waals surface area contributed by atoms with Gasteiger partial charge in [-0.05, 0) is 25.8 Å². The lowest BCUT2D eigenvalue weighted by Gasteiger charge is -2.15.